The van der Waals surface area contributed by atoms with Gasteiger partial charge < -0.3 is 10.1 Å². The van der Waals surface area contributed by atoms with Crippen molar-refractivity contribution in [3.05, 3.63) is 16.1 Å². The maximum absolute atomic E-state index is 5.60. The number of methoxy groups -OCH3 is 1. The Morgan fingerprint density at radius 3 is 2.82 bits per heavy atom. The van der Waals surface area contributed by atoms with Crippen LogP contribution >= 0.6 is 11.3 Å². The number of hydrogen-bond donors (Lipinski definition) is 1. The summed E-state index contributed by atoms with van der Waals surface area (Å²) < 4.78 is 5.60. The summed E-state index contributed by atoms with van der Waals surface area (Å²) in [4.78, 5) is 4.76. The Balaban J connectivity index is 2.16. The molecule has 1 aromatic heterocycles. The van der Waals surface area contributed by atoms with Crippen molar-refractivity contribution in [1.29, 1.82) is 0 Å². The van der Waals surface area contributed by atoms with Crippen molar-refractivity contribution in [1.82, 2.24) is 10.3 Å². The summed E-state index contributed by atoms with van der Waals surface area (Å²) >= 11 is 1.72. The fourth-order valence-corrected chi connectivity index (χ4v) is 3.53. The molecular formula is C13H22N2OS. The number of ether oxygens (including phenoxy) is 1. The Hall–Kier alpha value is -0.450. The molecule has 2 unspecified atom stereocenters. The molecule has 0 amide bonds. The first-order valence-corrected chi connectivity index (χ1v) is 7.12. The highest BCUT2D eigenvalue weighted by Gasteiger charge is 2.29. The van der Waals surface area contributed by atoms with Crippen LogP contribution in [0.25, 0.3) is 0 Å². The van der Waals surface area contributed by atoms with E-state index in [2.05, 4.69) is 31.5 Å². The number of thiazole rings is 1. The number of hydrogen-bond acceptors (Lipinski definition) is 4. The number of aromatic nitrogens is 1. The molecule has 0 bridgehead atoms. The van der Waals surface area contributed by atoms with E-state index in [-0.39, 0.29) is 11.5 Å². The zero-order chi connectivity index (χ0) is 12.5. The third kappa shape index (κ3) is 2.87. The lowest BCUT2D eigenvalue weighted by Gasteiger charge is -2.27. The highest BCUT2D eigenvalue weighted by molar-refractivity contribution is 7.09. The fourth-order valence-electron chi connectivity index (χ4n) is 2.34. The van der Waals surface area contributed by atoms with Crippen LogP contribution in [0.4, 0.5) is 0 Å². The normalized spacial score (nSPS) is 22.9. The molecule has 96 valence electrons. The van der Waals surface area contributed by atoms with E-state index in [4.69, 9.17) is 9.72 Å². The molecule has 2 rings (SSSR count). The topological polar surface area (TPSA) is 34.1 Å². The van der Waals surface area contributed by atoms with Crippen molar-refractivity contribution >= 4 is 11.3 Å². The molecule has 4 heteroatoms. The second kappa shape index (κ2) is 5.04. The highest BCUT2D eigenvalue weighted by atomic mass is 32.1. The minimum Gasteiger partial charge on any atom is -0.374 e. The van der Waals surface area contributed by atoms with Gasteiger partial charge in [-0.25, -0.2) is 4.98 Å². The van der Waals surface area contributed by atoms with Gasteiger partial charge in [-0.15, -0.1) is 11.3 Å². The molecule has 17 heavy (non-hydrogen) atoms. The standard InChI is InChI=1S/C13H22N2OS/c1-13(2,3)11(16-4)12-15-10(8-17-12)9-6-5-7-14-9/h8-9,11,14H,5-7H2,1-4H3. The predicted molar refractivity (Wildman–Crippen MR) is 71.3 cm³/mol. The summed E-state index contributed by atoms with van der Waals surface area (Å²) in [6, 6.07) is 0.456. The molecule has 0 saturated carbocycles. The Morgan fingerprint density at radius 1 is 1.53 bits per heavy atom. The Kier molecular flexibility index (Phi) is 3.85. The van der Waals surface area contributed by atoms with Crippen LogP contribution < -0.4 is 5.32 Å². The van der Waals surface area contributed by atoms with Gasteiger partial charge in [-0.2, -0.15) is 0 Å². The summed E-state index contributed by atoms with van der Waals surface area (Å²) in [6.07, 6.45) is 2.54. The number of rotatable bonds is 3. The zero-order valence-corrected chi connectivity index (χ0v) is 11.9. The maximum atomic E-state index is 5.60. The Bertz CT molecular complexity index is 364. The van der Waals surface area contributed by atoms with E-state index in [0.29, 0.717) is 6.04 Å². The van der Waals surface area contributed by atoms with Gasteiger partial charge in [0.2, 0.25) is 0 Å². The largest absolute Gasteiger partial charge is 0.374 e. The number of nitrogens with zero attached hydrogens (tertiary/aromatic N) is 1. The van der Waals surface area contributed by atoms with Gasteiger partial charge in [-0.3, -0.25) is 0 Å². The van der Waals surface area contributed by atoms with E-state index >= 15 is 0 Å². The van der Waals surface area contributed by atoms with E-state index in [1.165, 1.54) is 18.5 Å². The second-order valence-corrected chi connectivity index (χ2v) is 6.63. The van der Waals surface area contributed by atoms with Gasteiger partial charge in [0.15, 0.2) is 0 Å². The fraction of sp³-hybridized carbons (Fsp3) is 0.769. The lowest BCUT2D eigenvalue weighted by atomic mass is 9.89. The second-order valence-electron chi connectivity index (χ2n) is 5.74. The van der Waals surface area contributed by atoms with E-state index < -0.39 is 0 Å². The van der Waals surface area contributed by atoms with Gasteiger partial charge in [0.05, 0.1) is 11.7 Å². The van der Waals surface area contributed by atoms with Crippen molar-refractivity contribution in [3.8, 4) is 0 Å². The highest BCUT2D eigenvalue weighted by Crippen LogP contribution is 2.38. The average Bonchev–Trinajstić information content (AvgIpc) is 2.84. The summed E-state index contributed by atoms with van der Waals surface area (Å²) in [7, 11) is 1.77. The zero-order valence-electron chi connectivity index (χ0n) is 11.1. The third-order valence-corrected chi connectivity index (χ3v) is 4.11. The van der Waals surface area contributed by atoms with Crippen LogP contribution in [0.15, 0.2) is 5.38 Å². The van der Waals surface area contributed by atoms with Crippen molar-refractivity contribution in [3.63, 3.8) is 0 Å². The summed E-state index contributed by atoms with van der Waals surface area (Å²) in [5, 5.41) is 6.76. The van der Waals surface area contributed by atoms with Crippen LogP contribution in [0.2, 0.25) is 0 Å². The summed E-state index contributed by atoms with van der Waals surface area (Å²) in [6.45, 7) is 7.69. The van der Waals surface area contributed by atoms with Gasteiger partial charge >= 0.3 is 0 Å². The molecule has 1 aliphatic heterocycles. The van der Waals surface area contributed by atoms with Gasteiger partial charge in [0.1, 0.15) is 11.1 Å². The molecule has 1 N–H and O–H groups in total. The van der Waals surface area contributed by atoms with Gasteiger partial charge in [-0.05, 0) is 24.8 Å². The van der Waals surface area contributed by atoms with Crippen molar-refractivity contribution in [2.75, 3.05) is 13.7 Å². The van der Waals surface area contributed by atoms with E-state index in [1.807, 2.05) is 0 Å². The van der Waals surface area contributed by atoms with E-state index in [9.17, 15) is 0 Å². The Morgan fingerprint density at radius 2 is 2.29 bits per heavy atom. The molecule has 1 fully saturated rings. The quantitative estimate of drug-likeness (QED) is 0.898. The van der Waals surface area contributed by atoms with Gasteiger partial charge in [0, 0.05) is 12.5 Å². The summed E-state index contributed by atoms with van der Waals surface area (Å²) in [5.74, 6) is 0. The average molecular weight is 254 g/mol. The number of nitrogens with one attached hydrogen (secondary N) is 1. The van der Waals surface area contributed by atoms with Crippen LogP contribution in [0.3, 0.4) is 0 Å². The SMILES string of the molecule is COC(c1nc(C2CCCN2)cs1)C(C)(C)C. The maximum Gasteiger partial charge on any atom is 0.122 e. The lowest BCUT2D eigenvalue weighted by molar-refractivity contribution is 0.0149. The van der Waals surface area contributed by atoms with Crippen molar-refractivity contribution in [2.45, 2.75) is 45.8 Å². The molecule has 0 radical (unpaired) electrons. The first-order chi connectivity index (χ1) is 8.02. The summed E-state index contributed by atoms with van der Waals surface area (Å²) in [5.41, 5.74) is 1.28. The van der Waals surface area contributed by atoms with Crippen LogP contribution in [-0.4, -0.2) is 18.6 Å². The third-order valence-electron chi connectivity index (χ3n) is 3.20. The molecule has 0 aromatic carbocycles. The van der Waals surface area contributed by atoms with Crippen molar-refractivity contribution < 1.29 is 4.74 Å². The molecule has 0 spiro atoms. The first-order valence-electron chi connectivity index (χ1n) is 6.24. The monoisotopic (exact) mass is 254 g/mol. The van der Waals surface area contributed by atoms with Crippen LogP contribution in [-0.2, 0) is 4.74 Å². The molecule has 2 atom stereocenters. The van der Waals surface area contributed by atoms with Crippen LogP contribution in [0.1, 0.15) is 56.5 Å². The van der Waals surface area contributed by atoms with Gasteiger partial charge in [0.25, 0.3) is 0 Å². The van der Waals surface area contributed by atoms with Crippen molar-refractivity contribution in [2.24, 2.45) is 5.41 Å². The minimum absolute atomic E-state index is 0.0858. The van der Waals surface area contributed by atoms with Crippen LogP contribution in [0, 0.1) is 5.41 Å². The molecule has 3 nitrogen and oxygen atoms in total. The lowest BCUT2D eigenvalue weighted by Crippen LogP contribution is -2.20. The van der Waals surface area contributed by atoms with Crippen LogP contribution in [0.5, 0.6) is 0 Å². The predicted octanol–water partition coefficient (Wildman–Crippen LogP) is 3.30. The molecule has 1 aliphatic rings. The van der Waals surface area contributed by atoms with E-state index in [1.54, 1.807) is 18.4 Å². The Labute approximate surface area is 108 Å². The minimum atomic E-state index is 0.0858. The van der Waals surface area contributed by atoms with Gasteiger partial charge in [-0.1, -0.05) is 20.8 Å². The molecule has 2 heterocycles. The molecule has 0 aliphatic carbocycles. The van der Waals surface area contributed by atoms with E-state index in [0.717, 1.165) is 11.6 Å². The molecule has 1 saturated heterocycles. The smallest absolute Gasteiger partial charge is 0.122 e. The molecule has 1 aromatic rings. The first kappa shape index (κ1) is 13.0. The molecular weight excluding hydrogens is 232 g/mol.